The molecule has 0 aromatic heterocycles. The van der Waals surface area contributed by atoms with E-state index < -0.39 is 0 Å². The summed E-state index contributed by atoms with van der Waals surface area (Å²) < 4.78 is 0. The van der Waals surface area contributed by atoms with Crippen molar-refractivity contribution in [3.05, 3.63) is 0 Å². The molecule has 0 aliphatic rings. The molecule has 3 heteroatoms. The third kappa shape index (κ3) is 5.99. The van der Waals surface area contributed by atoms with E-state index in [4.69, 9.17) is 18.0 Å². The van der Waals surface area contributed by atoms with Crippen molar-refractivity contribution >= 4 is 17.2 Å². The summed E-state index contributed by atoms with van der Waals surface area (Å²) in [5, 5.41) is 0. The molecule has 0 saturated heterocycles. The van der Waals surface area contributed by atoms with Crippen LogP contribution >= 0.6 is 12.2 Å². The van der Waals surface area contributed by atoms with Crippen molar-refractivity contribution in [2.45, 2.75) is 46.1 Å². The second-order valence-electron chi connectivity index (χ2n) is 3.56. The minimum absolute atomic E-state index is 0.498. The van der Waals surface area contributed by atoms with Crippen LogP contribution < -0.4 is 5.73 Å². The van der Waals surface area contributed by atoms with Gasteiger partial charge in [-0.2, -0.15) is 0 Å². The van der Waals surface area contributed by atoms with E-state index >= 15 is 0 Å². The van der Waals surface area contributed by atoms with Gasteiger partial charge in [0.2, 0.25) is 0 Å². The fourth-order valence-electron chi connectivity index (χ4n) is 1.55. The first-order valence-electron chi connectivity index (χ1n) is 5.14. The lowest BCUT2D eigenvalue weighted by Crippen LogP contribution is -2.36. The summed E-state index contributed by atoms with van der Waals surface area (Å²) in [6.45, 7) is 8.91. The molecule has 2 N–H and O–H groups in total. The molecule has 0 aliphatic carbocycles. The van der Waals surface area contributed by atoms with Crippen molar-refractivity contribution in [2.75, 3.05) is 13.1 Å². The molecule has 0 spiro atoms. The number of rotatable bonds is 7. The van der Waals surface area contributed by atoms with Gasteiger partial charge in [0.1, 0.15) is 0 Å². The zero-order valence-corrected chi connectivity index (χ0v) is 9.86. The van der Waals surface area contributed by atoms with Crippen LogP contribution in [0, 0.1) is 0 Å². The molecule has 0 aromatic carbocycles. The van der Waals surface area contributed by atoms with Crippen LogP contribution in [0.15, 0.2) is 0 Å². The summed E-state index contributed by atoms with van der Waals surface area (Å²) in [5.74, 6) is 0. The Hall–Kier alpha value is -0.150. The first-order chi connectivity index (χ1) is 6.11. The third-order valence-corrected chi connectivity index (χ3v) is 2.31. The monoisotopic (exact) mass is 202 g/mol. The van der Waals surface area contributed by atoms with E-state index in [-0.39, 0.29) is 0 Å². The molecule has 0 fully saturated rings. The van der Waals surface area contributed by atoms with Gasteiger partial charge in [-0.15, -0.1) is 0 Å². The summed E-state index contributed by atoms with van der Waals surface area (Å²) in [6.07, 6.45) is 3.23. The van der Waals surface area contributed by atoms with Crippen LogP contribution in [0.5, 0.6) is 0 Å². The highest BCUT2D eigenvalue weighted by molar-refractivity contribution is 7.80. The van der Waals surface area contributed by atoms with Crippen LogP contribution in [0.4, 0.5) is 0 Å². The minimum atomic E-state index is 0.498. The average Bonchev–Trinajstić information content (AvgIpc) is 2.02. The lowest BCUT2D eigenvalue weighted by molar-refractivity contribution is 0.214. The maximum absolute atomic E-state index is 5.53. The SMILES string of the molecule is CCCN(CCC)C(C)CC(N)=S. The third-order valence-electron chi connectivity index (χ3n) is 2.14. The molecule has 2 nitrogen and oxygen atoms in total. The zero-order chi connectivity index (χ0) is 10.3. The Kier molecular flexibility index (Phi) is 7.19. The van der Waals surface area contributed by atoms with Crippen LogP contribution in [0.2, 0.25) is 0 Å². The molecule has 0 rings (SSSR count). The molecule has 1 unspecified atom stereocenters. The molecular formula is C10H22N2S. The summed E-state index contributed by atoms with van der Waals surface area (Å²) >= 11 is 4.91. The highest BCUT2D eigenvalue weighted by atomic mass is 32.1. The second-order valence-corrected chi connectivity index (χ2v) is 4.08. The molecule has 1 atom stereocenters. The van der Waals surface area contributed by atoms with Crippen LogP contribution in [-0.2, 0) is 0 Å². The molecule has 0 bridgehead atoms. The molecule has 13 heavy (non-hydrogen) atoms. The Morgan fingerprint density at radius 2 is 1.77 bits per heavy atom. The predicted octanol–water partition coefficient (Wildman–Crippen LogP) is 2.17. The number of nitrogens with zero attached hydrogens (tertiary/aromatic N) is 1. The zero-order valence-electron chi connectivity index (χ0n) is 9.05. The van der Waals surface area contributed by atoms with Crippen molar-refractivity contribution in [1.29, 1.82) is 0 Å². The van der Waals surface area contributed by atoms with Gasteiger partial charge in [-0.25, -0.2) is 0 Å². The van der Waals surface area contributed by atoms with Crippen LogP contribution in [0.3, 0.4) is 0 Å². The summed E-state index contributed by atoms with van der Waals surface area (Å²) in [5.41, 5.74) is 5.53. The molecule has 0 radical (unpaired) electrons. The van der Waals surface area contributed by atoms with E-state index in [2.05, 4.69) is 25.7 Å². The maximum atomic E-state index is 5.53. The van der Waals surface area contributed by atoms with Gasteiger partial charge in [0.25, 0.3) is 0 Å². The molecule has 0 aliphatic heterocycles. The Morgan fingerprint density at radius 1 is 1.31 bits per heavy atom. The Bertz CT molecular complexity index is 142. The van der Waals surface area contributed by atoms with E-state index in [1.165, 1.54) is 12.8 Å². The first kappa shape index (κ1) is 12.8. The number of hydrogen-bond acceptors (Lipinski definition) is 2. The van der Waals surface area contributed by atoms with Crippen LogP contribution in [-0.4, -0.2) is 29.0 Å². The summed E-state index contributed by atoms with van der Waals surface area (Å²) in [4.78, 5) is 3.09. The molecule has 78 valence electrons. The minimum Gasteiger partial charge on any atom is -0.393 e. The smallest absolute Gasteiger partial charge is 0.0742 e. The van der Waals surface area contributed by atoms with E-state index in [1.54, 1.807) is 0 Å². The van der Waals surface area contributed by atoms with E-state index in [9.17, 15) is 0 Å². The summed E-state index contributed by atoms with van der Waals surface area (Å²) in [7, 11) is 0. The van der Waals surface area contributed by atoms with Gasteiger partial charge < -0.3 is 10.6 Å². The van der Waals surface area contributed by atoms with Gasteiger partial charge in [0, 0.05) is 12.5 Å². The van der Waals surface area contributed by atoms with Gasteiger partial charge >= 0.3 is 0 Å². The lowest BCUT2D eigenvalue weighted by atomic mass is 10.2. The normalized spacial score (nSPS) is 13.2. The molecule has 0 saturated carbocycles. The van der Waals surface area contributed by atoms with Crippen LogP contribution in [0.1, 0.15) is 40.0 Å². The fourth-order valence-corrected chi connectivity index (χ4v) is 1.79. The van der Waals surface area contributed by atoms with Crippen molar-refractivity contribution in [3.8, 4) is 0 Å². The molecular weight excluding hydrogens is 180 g/mol. The predicted molar refractivity (Wildman–Crippen MR) is 63.0 cm³/mol. The lowest BCUT2D eigenvalue weighted by Gasteiger charge is -2.27. The van der Waals surface area contributed by atoms with Gasteiger partial charge in [-0.3, -0.25) is 0 Å². The molecule has 0 aromatic rings. The van der Waals surface area contributed by atoms with Crippen molar-refractivity contribution in [1.82, 2.24) is 4.90 Å². The van der Waals surface area contributed by atoms with E-state index in [0.29, 0.717) is 11.0 Å². The number of hydrogen-bond donors (Lipinski definition) is 1. The summed E-state index contributed by atoms with van der Waals surface area (Å²) in [6, 6.07) is 0.498. The maximum Gasteiger partial charge on any atom is 0.0742 e. The first-order valence-corrected chi connectivity index (χ1v) is 5.55. The Morgan fingerprint density at radius 3 is 2.08 bits per heavy atom. The van der Waals surface area contributed by atoms with Gasteiger partial charge in [-0.1, -0.05) is 26.1 Å². The fraction of sp³-hybridized carbons (Fsp3) is 0.900. The average molecular weight is 202 g/mol. The highest BCUT2D eigenvalue weighted by Crippen LogP contribution is 2.05. The second kappa shape index (κ2) is 7.27. The van der Waals surface area contributed by atoms with Crippen molar-refractivity contribution in [3.63, 3.8) is 0 Å². The van der Waals surface area contributed by atoms with Crippen molar-refractivity contribution in [2.24, 2.45) is 5.73 Å². The highest BCUT2D eigenvalue weighted by Gasteiger charge is 2.12. The topological polar surface area (TPSA) is 29.3 Å². The number of nitrogens with two attached hydrogens (primary N) is 1. The Balaban J connectivity index is 3.93. The van der Waals surface area contributed by atoms with Crippen molar-refractivity contribution < 1.29 is 0 Å². The van der Waals surface area contributed by atoms with Crippen LogP contribution in [0.25, 0.3) is 0 Å². The van der Waals surface area contributed by atoms with Gasteiger partial charge in [0.15, 0.2) is 0 Å². The van der Waals surface area contributed by atoms with Gasteiger partial charge in [-0.05, 0) is 32.9 Å². The van der Waals surface area contributed by atoms with E-state index in [1.807, 2.05) is 0 Å². The van der Waals surface area contributed by atoms with Gasteiger partial charge in [0.05, 0.1) is 4.99 Å². The molecule has 0 heterocycles. The van der Waals surface area contributed by atoms with E-state index in [0.717, 1.165) is 19.5 Å². The largest absolute Gasteiger partial charge is 0.393 e. The quantitative estimate of drug-likeness (QED) is 0.642. The number of thiocarbonyl (C=S) groups is 1. The molecule has 0 amide bonds. The standard InChI is InChI=1S/C10H22N2S/c1-4-6-12(7-5-2)9(3)8-10(11)13/h9H,4-8H2,1-3H3,(H2,11,13). The Labute approximate surface area is 87.5 Å².